The zero-order valence-electron chi connectivity index (χ0n) is 17.9. The summed E-state index contributed by atoms with van der Waals surface area (Å²) in [5.74, 6) is 1.01. The van der Waals surface area contributed by atoms with E-state index in [1.807, 2.05) is 36.6 Å². The van der Waals surface area contributed by atoms with E-state index in [4.69, 9.17) is 0 Å². The smallest absolute Gasteiger partial charge is 0.230 e. The second-order valence-corrected chi connectivity index (χ2v) is 8.70. The van der Waals surface area contributed by atoms with E-state index < -0.39 is 0 Å². The minimum atomic E-state index is -0.107. The lowest BCUT2D eigenvalue weighted by atomic mass is 10.1. The van der Waals surface area contributed by atoms with Gasteiger partial charge in [-0.3, -0.25) is 4.79 Å². The summed E-state index contributed by atoms with van der Waals surface area (Å²) in [6.45, 7) is 5.99. The molecule has 4 heterocycles. The fraction of sp³-hybridized carbons (Fsp3) is 0.174. The van der Waals surface area contributed by atoms with Crippen molar-refractivity contribution in [2.24, 2.45) is 0 Å². The zero-order valence-corrected chi connectivity index (χ0v) is 18.7. The van der Waals surface area contributed by atoms with E-state index in [1.165, 1.54) is 11.9 Å². The van der Waals surface area contributed by atoms with Crippen molar-refractivity contribution in [2.45, 2.75) is 27.2 Å². The summed E-state index contributed by atoms with van der Waals surface area (Å²) >= 11 is 1.56. The van der Waals surface area contributed by atoms with Crippen molar-refractivity contribution in [1.82, 2.24) is 29.5 Å². The normalized spacial score (nSPS) is 11.2. The first-order valence-electron chi connectivity index (χ1n) is 10.2. The highest BCUT2D eigenvalue weighted by Gasteiger charge is 2.18. The second-order valence-electron chi connectivity index (χ2n) is 7.67. The number of benzene rings is 1. The van der Waals surface area contributed by atoms with E-state index in [0.717, 1.165) is 27.2 Å². The van der Waals surface area contributed by atoms with Gasteiger partial charge in [-0.2, -0.15) is 14.9 Å². The summed E-state index contributed by atoms with van der Waals surface area (Å²) in [6, 6.07) is 11.9. The van der Waals surface area contributed by atoms with Crippen molar-refractivity contribution in [3.8, 4) is 11.5 Å². The van der Waals surface area contributed by atoms with Gasteiger partial charge in [0, 0.05) is 10.9 Å². The lowest BCUT2D eigenvalue weighted by molar-refractivity contribution is -0.115. The Balaban J connectivity index is 1.54. The van der Waals surface area contributed by atoms with Gasteiger partial charge in [0.05, 0.1) is 29.4 Å². The van der Waals surface area contributed by atoms with Gasteiger partial charge in [0.2, 0.25) is 5.91 Å². The van der Waals surface area contributed by atoms with Gasteiger partial charge >= 0.3 is 0 Å². The molecule has 0 aliphatic heterocycles. The molecule has 0 unspecified atom stereocenters. The monoisotopic (exact) mass is 443 g/mol. The van der Waals surface area contributed by atoms with Crippen LogP contribution >= 0.6 is 11.3 Å². The van der Waals surface area contributed by atoms with Gasteiger partial charge in [0.15, 0.2) is 11.5 Å². The number of hydrogen-bond donors (Lipinski definition) is 1. The first kappa shape index (κ1) is 20.1. The Hall–Kier alpha value is -3.85. The Bertz CT molecular complexity index is 1430. The van der Waals surface area contributed by atoms with Crippen LogP contribution in [0.2, 0.25) is 0 Å². The molecule has 5 aromatic rings. The number of carbonyl (C=O) groups excluding carboxylic acids is 1. The number of carbonyl (C=O) groups is 1. The molecule has 0 aliphatic carbocycles. The SMILES string of the molecule is Cc1ccc(-n2ncc3c(-n4nc(C)cc4NC(=O)Cc4cccs4)ncnc32)c(C)c1. The standard InChI is InChI=1S/C23H21N7OS/c1-14-6-7-19(15(2)9-14)29-22-18(12-26-29)23(25-13-24-22)30-20(10-16(3)28-30)27-21(31)11-17-5-4-8-32-17/h4-10,12-13H,11H2,1-3H3,(H,27,31). The molecule has 0 bridgehead atoms. The third-order valence-electron chi connectivity index (χ3n) is 5.14. The molecule has 0 atom stereocenters. The van der Waals surface area contributed by atoms with Gasteiger partial charge in [0.1, 0.15) is 12.1 Å². The summed E-state index contributed by atoms with van der Waals surface area (Å²) in [5.41, 5.74) is 4.69. The summed E-state index contributed by atoms with van der Waals surface area (Å²) in [4.78, 5) is 22.5. The molecule has 0 radical (unpaired) electrons. The van der Waals surface area contributed by atoms with Gasteiger partial charge in [-0.25, -0.2) is 14.6 Å². The molecule has 1 amide bonds. The summed E-state index contributed by atoms with van der Waals surface area (Å²) in [5, 5.41) is 14.8. The molecule has 0 saturated heterocycles. The van der Waals surface area contributed by atoms with Crippen molar-refractivity contribution < 1.29 is 4.79 Å². The predicted octanol–water partition coefficient (Wildman–Crippen LogP) is 4.17. The molecule has 5 rings (SSSR count). The molecule has 32 heavy (non-hydrogen) atoms. The average Bonchev–Trinajstić information content (AvgIpc) is 3.48. The number of anilines is 1. The highest BCUT2D eigenvalue weighted by molar-refractivity contribution is 7.10. The molecular formula is C23H21N7OS. The molecule has 0 spiro atoms. The Morgan fingerprint density at radius 1 is 1.09 bits per heavy atom. The number of thiophene rings is 1. The summed E-state index contributed by atoms with van der Waals surface area (Å²) in [6.07, 6.45) is 3.54. The van der Waals surface area contributed by atoms with Crippen LogP contribution in [0.1, 0.15) is 21.7 Å². The van der Waals surface area contributed by atoms with E-state index in [1.54, 1.807) is 26.9 Å². The van der Waals surface area contributed by atoms with Gasteiger partial charge in [-0.1, -0.05) is 23.8 Å². The zero-order chi connectivity index (χ0) is 22.2. The number of nitrogens with zero attached hydrogens (tertiary/aromatic N) is 6. The van der Waals surface area contributed by atoms with E-state index in [0.29, 0.717) is 23.7 Å². The lowest BCUT2D eigenvalue weighted by Crippen LogP contribution is -2.17. The average molecular weight is 444 g/mol. The molecule has 1 N–H and O–H groups in total. The number of fused-ring (bicyclic) bond motifs is 1. The molecule has 160 valence electrons. The molecule has 4 aromatic heterocycles. The molecule has 1 aromatic carbocycles. The van der Waals surface area contributed by atoms with E-state index in [9.17, 15) is 4.79 Å². The van der Waals surface area contributed by atoms with E-state index in [-0.39, 0.29) is 5.91 Å². The number of rotatable bonds is 5. The van der Waals surface area contributed by atoms with E-state index >= 15 is 0 Å². The topological polar surface area (TPSA) is 90.5 Å². The van der Waals surface area contributed by atoms with Crippen LogP contribution in [0.4, 0.5) is 5.82 Å². The summed E-state index contributed by atoms with van der Waals surface area (Å²) < 4.78 is 3.44. The number of aryl methyl sites for hydroxylation is 3. The molecule has 8 nitrogen and oxygen atoms in total. The van der Waals surface area contributed by atoms with Crippen LogP contribution < -0.4 is 5.32 Å². The quantitative estimate of drug-likeness (QED) is 0.440. The fourth-order valence-electron chi connectivity index (χ4n) is 3.73. The van der Waals surface area contributed by atoms with Gasteiger partial charge in [-0.05, 0) is 43.8 Å². The minimum absolute atomic E-state index is 0.107. The highest BCUT2D eigenvalue weighted by Crippen LogP contribution is 2.25. The third-order valence-corrected chi connectivity index (χ3v) is 6.02. The van der Waals surface area contributed by atoms with E-state index in [2.05, 4.69) is 51.5 Å². The fourth-order valence-corrected chi connectivity index (χ4v) is 4.43. The van der Waals surface area contributed by atoms with Crippen LogP contribution in [0.3, 0.4) is 0 Å². The van der Waals surface area contributed by atoms with Crippen molar-refractivity contribution in [3.63, 3.8) is 0 Å². The molecule has 0 saturated carbocycles. The Morgan fingerprint density at radius 3 is 2.75 bits per heavy atom. The Kier molecular flexibility index (Phi) is 5.02. The van der Waals surface area contributed by atoms with Gasteiger partial charge in [-0.15, -0.1) is 11.3 Å². The number of aromatic nitrogens is 6. The van der Waals surface area contributed by atoms with Crippen LogP contribution in [0.25, 0.3) is 22.5 Å². The number of amides is 1. The number of nitrogens with one attached hydrogen (secondary N) is 1. The number of hydrogen-bond acceptors (Lipinski definition) is 6. The first-order chi connectivity index (χ1) is 15.5. The first-order valence-corrected chi connectivity index (χ1v) is 11.0. The largest absolute Gasteiger partial charge is 0.310 e. The van der Waals surface area contributed by atoms with Crippen LogP contribution in [0, 0.1) is 20.8 Å². The molecule has 0 aliphatic rings. The van der Waals surface area contributed by atoms with Gasteiger partial charge in [0.25, 0.3) is 0 Å². The summed E-state index contributed by atoms with van der Waals surface area (Å²) in [7, 11) is 0. The van der Waals surface area contributed by atoms with Crippen LogP contribution in [-0.2, 0) is 11.2 Å². The Labute approximate surface area is 188 Å². The highest BCUT2D eigenvalue weighted by atomic mass is 32.1. The molecule has 9 heteroatoms. The maximum absolute atomic E-state index is 12.6. The third kappa shape index (κ3) is 3.67. The van der Waals surface area contributed by atoms with Crippen molar-refractivity contribution in [2.75, 3.05) is 5.32 Å². The lowest BCUT2D eigenvalue weighted by Gasteiger charge is -2.10. The van der Waals surface area contributed by atoms with Crippen LogP contribution in [0.5, 0.6) is 0 Å². The van der Waals surface area contributed by atoms with Crippen molar-refractivity contribution in [1.29, 1.82) is 0 Å². The van der Waals surface area contributed by atoms with Crippen LogP contribution in [0.15, 0.2) is 54.3 Å². The van der Waals surface area contributed by atoms with Crippen molar-refractivity contribution >= 4 is 34.1 Å². The predicted molar refractivity (Wildman–Crippen MR) is 125 cm³/mol. The Morgan fingerprint density at radius 2 is 1.97 bits per heavy atom. The minimum Gasteiger partial charge on any atom is -0.310 e. The molecule has 0 fully saturated rings. The van der Waals surface area contributed by atoms with Crippen LogP contribution in [-0.4, -0.2) is 35.4 Å². The van der Waals surface area contributed by atoms with Gasteiger partial charge < -0.3 is 5.32 Å². The second kappa shape index (κ2) is 8.01. The maximum Gasteiger partial charge on any atom is 0.230 e. The van der Waals surface area contributed by atoms with Crippen molar-refractivity contribution in [3.05, 3.63) is 76.0 Å². The molecular weight excluding hydrogens is 422 g/mol. The maximum atomic E-state index is 12.6.